The molecule has 6 heteroatoms. The molecule has 1 atom stereocenters. The zero-order valence-corrected chi connectivity index (χ0v) is 13.4. The van der Waals surface area contributed by atoms with Gasteiger partial charge in [0.1, 0.15) is 18.2 Å². The quantitative estimate of drug-likeness (QED) is 0.930. The van der Waals surface area contributed by atoms with Gasteiger partial charge in [-0.2, -0.15) is 0 Å². The van der Waals surface area contributed by atoms with Crippen LogP contribution in [0.5, 0.6) is 0 Å². The standard InChI is InChI=1S/C16H18FN3OS/c1-10-7-15(20-16(18-10)9-21-2)19-13-5-6-22-14-4-3-11(17)8-12(13)14/h3-4,7-8,13H,5-6,9H2,1-2H3,(H,18,19,20)/t13-/m0/s1. The third-order valence-corrected chi connectivity index (χ3v) is 4.63. The zero-order valence-electron chi connectivity index (χ0n) is 12.6. The van der Waals surface area contributed by atoms with Gasteiger partial charge in [0.05, 0.1) is 6.04 Å². The Morgan fingerprint density at radius 3 is 3.05 bits per heavy atom. The van der Waals surface area contributed by atoms with Crippen molar-refractivity contribution < 1.29 is 9.13 Å². The van der Waals surface area contributed by atoms with Crippen LogP contribution in [-0.4, -0.2) is 22.8 Å². The van der Waals surface area contributed by atoms with Gasteiger partial charge in [0.2, 0.25) is 0 Å². The predicted molar refractivity (Wildman–Crippen MR) is 85.6 cm³/mol. The summed E-state index contributed by atoms with van der Waals surface area (Å²) in [6, 6.07) is 6.95. The van der Waals surface area contributed by atoms with Gasteiger partial charge < -0.3 is 10.1 Å². The summed E-state index contributed by atoms with van der Waals surface area (Å²) in [6.45, 7) is 2.30. The number of aryl methyl sites for hydroxylation is 1. The molecule has 1 aliphatic heterocycles. The molecular weight excluding hydrogens is 301 g/mol. The Hall–Kier alpha value is -1.66. The monoisotopic (exact) mass is 319 g/mol. The van der Waals surface area contributed by atoms with E-state index in [-0.39, 0.29) is 11.9 Å². The normalized spacial score (nSPS) is 17.1. The first-order valence-corrected chi connectivity index (χ1v) is 8.16. The Balaban J connectivity index is 1.87. The Kier molecular flexibility index (Phi) is 4.59. The van der Waals surface area contributed by atoms with Gasteiger partial charge in [-0.25, -0.2) is 14.4 Å². The molecule has 1 aliphatic rings. The molecule has 2 aromatic rings. The fourth-order valence-corrected chi connectivity index (χ4v) is 3.70. The van der Waals surface area contributed by atoms with Crippen molar-refractivity contribution in [1.82, 2.24) is 9.97 Å². The van der Waals surface area contributed by atoms with Gasteiger partial charge in [0.25, 0.3) is 0 Å². The van der Waals surface area contributed by atoms with Crippen molar-refractivity contribution in [2.45, 2.75) is 30.9 Å². The molecule has 0 fully saturated rings. The largest absolute Gasteiger partial charge is 0.377 e. The Bertz CT molecular complexity index is 680. The number of ether oxygens (including phenoxy) is 1. The summed E-state index contributed by atoms with van der Waals surface area (Å²) in [5.74, 6) is 2.21. The molecule has 0 aliphatic carbocycles. The van der Waals surface area contributed by atoms with E-state index >= 15 is 0 Å². The summed E-state index contributed by atoms with van der Waals surface area (Å²) in [6.07, 6.45) is 0.934. The molecule has 0 unspecified atom stereocenters. The first-order valence-electron chi connectivity index (χ1n) is 7.18. The van der Waals surface area contributed by atoms with Crippen LogP contribution < -0.4 is 5.32 Å². The second kappa shape index (κ2) is 6.62. The SMILES string of the molecule is COCc1nc(C)cc(N[C@H]2CCSc3ccc(F)cc32)n1. The van der Waals surface area contributed by atoms with Gasteiger partial charge >= 0.3 is 0 Å². The van der Waals surface area contributed by atoms with Crippen LogP contribution in [0, 0.1) is 12.7 Å². The van der Waals surface area contributed by atoms with E-state index in [4.69, 9.17) is 4.74 Å². The van der Waals surface area contributed by atoms with E-state index in [2.05, 4.69) is 15.3 Å². The fourth-order valence-electron chi connectivity index (χ4n) is 2.59. The first kappa shape index (κ1) is 15.2. The maximum absolute atomic E-state index is 13.6. The lowest BCUT2D eigenvalue weighted by Gasteiger charge is -2.26. The molecule has 116 valence electrons. The smallest absolute Gasteiger partial charge is 0.156 e. The number of rotatable bonds is 4. The third-order valence-electron chi connectivity index (χ3n) is 3.51. The molecule has 3 rings (SSSR count). The lowest BCUT2D eigenvalue weighted by molar-refractivity contribution is 0.177. The molecular formula is C16H18FN3OS. The summed E-state index contributed by atoms with van der Waals surface area (Å²) in [5.41, 5.74) is 1.88. The molecule has 22 heavy (non-hydrogen) atoms. The van der Waals surface area contributed by atoms with Crippen molar-refractivity contribution >= 4 is 17.6 Å². The minimum absolute atomic E-state index is 0.0663. The van der Waals surface area contributed by atoms with Gasteiger partial charge in [-0.15, -0.1) is 11.8 Å². The minimum Gasteiger partial charge on any atom is -0.377 e. The van der Waals surface area contributed by atoms with Crippen LogP contribution in [0.25, 0.3) is 0 Å². The van der Waals surface area contributed by atoms with Crippen LogP contribution in [-0.2, 0) is 11.3 Å². The highest BCUT2D eigenvalue weighted by Gasteiger charge is 2.21. The van der Waals surface area contributed by atoms with Crippen LogP contribution in [0.4, 0.5) is 10.2 Å². The van der Waals surface area contributed by atoms with Crippen LogP contribution >= 0.6 is 11.8 Å². The number of halogens is 1. The van der Waals surface area contributed by atoms with E-state index in [9.17, 15) is 4.39 Å². The topological polar surface area (TPSA) is 47.0 Å². The van der Waals surface area contributed by atoms with Crippen LogP contribution in [0.15, 0.2) is 29.2 Å². The van der Waals surface area contributed by atoms with Crippen molar-refractivity contribution in [1.29, 1.82) is 0 Å². The predicted octanol–water partition coefficient (Wildman–Crippen LogP) is 3.72. The Morgan fingerprint density at radius 2 is 2.23 bits per heavy atom. The van der Waals surface area contributed by atoms with Crippen molar-refractivity contribution in [2.24, 2.45) is 0 Å². The molecule has 0 saturated carbocycles. The second-order valence-corrected chi connectivity index (χ2v) is 6.40. The van der Waals surface area contributed by atoms with Crippen molar-refractivity contribution in [3.63, 3.8) is 0 Å². The molecule has 0 saturated heterocycles. The maximum atomic E-state index is 13.6. The molecule has 0 radical (unpaired) electrons. The molecule has 2 heterocycles. The highest BCUT2D eigenvalue weighted by atomic mass is 32.2. The number of nitrogens with zero attached hydrogens (tertiary/aromatic N) is 2. The van der Waals surface area contributed by atoms with E-state index < -0.39 is 0 Å². The number of nitrogens with one attached hydrogen (secondary N) is 1. The molecule has 0 amide bonds. The molecule has 4 nitrogen and oxygen atoms in total. The van der Waals surface area contributed by atoms with Crippen molar-refractivity contribution in [3.05, 3.63) is 47.2 Å². The van der Waals surface area contributed by atoms with Gasteiger partial charge in [0, 0.05) is 29.5 Å². The Labute approximate surface area is 133 Å². The van der Waals surface area contributed by atoms with Crippen molar-refractivity contribution in [2.75, 3.05) is 18.2 Å². The number of hydrogen-bond donors (Lipinski definition) is 1. The van der Waals surface area contributed by atoms with E-state index in [1.54, 1.807) is 24.9 Å². The highest BCUT2D eigenvalue weighted by molar-refractivity contribution is 7.99. The molecule has 0 spiro atoms. The average molecular weight is 319 g/mol. The number of thioether (sulfide) groups is 1. The summed E-state index contributed by atoms with van der Waals surface area (Å²) in [5, 5.41) is 3.42. The second-order valence-electron chi connectivity index (χ2n) is 5.26. The fraction of sp³-hybridized carbons (Fsp3) is 0.375. The van der Waals surface area contributed by atoms with E-state index in [0.29, 0.717) is 12.4 Å². The van der Waals surface area contributed by atoms with E-state index in [1.807, 2.05) is 19.1 Å². The van der Waals surface area contributed by atoms with Gasteiger partial charge in [0.15, 0.2) is 5.82 Å². The summed E-state index contributed by atoms with van der Waals surface area (Å²) >= 11 is 1.77. The number of fused-ring (bicyclic) bond motifs is 1. The number of hydrogen-bond acceptors (Lipinski definition) is 5. The molecule has 1 N–H and O–H groups in total. The number of methoxy groups -OCH3 is 1. The van der Waals surface area contributed by atoms with Crippen LogP contribution in [0.3, 0.4) is 0 Å². The molecule has 0 bridgehead atoms. The lowest BCUT2D eigenvalue weighted by Crippen LogP contribution is -2.18. The maximum Gasteiger partial charge on any atom is 0.156 e. The van der Waals surface area contributed by atoms with Crippen molar-refractivity contribution in [3.8, 4) is 0 Å². The number of anilines is 1. The summed E-state index contributed by atoms with van der Waals surface area (Å²) < 4.78 is 18.7. The molecule has 1 aromatic carbocycles. The Morgan fingerprint density at radius 1 is 1.36 bits per heavy atom. The highest BCUT2D eigenvalue weighted by Crippen LogP contribution is 2.38. The van der Waals surface area contributed by atoms with Crippen LogP contribution in [0.2, 0.25) is 0 Å². The summed E-state index contributed by atoms with van der Waals surface area (Å²) in [4.78, 5) is 9.93. The number of aromatic nitrogens is 2. The average Bonchev–Trinajstić information content (AvgIpc) is 2.48. The lowest BCUT2D eigenvalue weighted by atomic mass is 10.0. The zero-order chi connectivity index (χ0) is 15.5. The summed E-state index contributed by atoms with van der Waals surface area (Å²) in [7, 11) is 1.62. The number of benzene rings is 1. The van der Waals surface area contributed by atoms with E-state index in [0.717, 1.165) is 34.1 Å². The first-order chi connectivity index (χ1) is 10.7. The van der Waals surface area contributed by atoms with Crippen LogP contribution in [0.1, 0.15) is 29.5 Å². The third kappa shape index (κ3) is 3.39. The minimum atomic E-state index is -0.202. The van der Waals surface area contributed by atoms with Gasteiger partial charge in [-0.3, -0.25) is 0 Å². The van der Waals surface area contributed by atoms with Gasteiger partial charge in [-0.1, -0.05) is 0 Å². The molecule has 1 aromatic heterocycles. The van der Waals surface area contributed by atoms with Gasteiger partial charge in [-0.05, 0) is 37.1 Å². The van der Waals surface area contributed by atoms with E-state index in [1.165, 1.54) is 6.07 Å².